The summed E-state index contributed by atoms with van der Waals surface area (Å²) in [5.74, 6) is -1.58. The summed E-state index contributed by atoms with van der Waals surface area (Å²) in [5.41, 5.74) is 0.438. The van der Waals surface area contributed by atoms with Crippen LogP contribution in [-0.2, 0) is 10.0 Å². The molecular formula is C21H24F2N2O4S. The molecule has 0 aromatic heterocycles. The van der Waals surface area contributed by atoms with Gasteiger partial charge in [0.1, 0.15) is 17.4 Å². The van der Waals surface area contributed by atoms with Crippen molar-refractivity contribution >= 4 is 15.9 Å². The van der Waals surface area contributed by atoms with Gasteiger partial charge in [-0.05, 0) is 36.2 Å². The van der Waals surface area contributed by atoms with Crippen LogP contribution in [0.1, 0.15) is 24.2 Å². The lowest BCUT2D eigenvalue weighted by atomic mass is 10.1. The number of piperazine rings is 1. The lowest BCUT2D eigenvalue weighted by molar-refractivity contribution is 0.0697. The van der Waals surface area contributed by atoms with E-state index in [1.807, 2.05) is 13.8 Å². The van der Waals surface area contributed by atoms with Crippen LogP contribution >= 0.6 is 0 Å². The van der Waals surface area contributed by atoms with E-state index in [9.17, 15) is 22.0 Å². The van der Waals surface area contributed by atoms with Gasteiger partial charge in [0.05, 0.1) is 6.61 Å². The van der Waals surface area contributed by atoms with Gasteiger partial charge < -0.3 is 9.64 Å². The van der Waals surface area contributed by atoms with Crippen molar-refractivity contribution in [3.8, 4) is 5.75 Å². The van der Waals surface area contributed by atoms with Crippen molar-refractivity contribution < 1.29 is 26.7 Å². The van der Waals surface area contributed by atoms with Crippen LogP contribution in [0.2, 0.25) is 0 Å². The van der Waals surface area contributed by atoms with E-state index in [1.165, 1.54) is 4.90 Å². The molecule has 6 nitrogen and oxygen atoms in total. The number of nitrogens with zero attached hydrogens (tertiary/aromatic N) is 2. The standard InChI is InChI=1S/C21H24F2N2O4S/c1-15(2)14-29-17-6-3-5-16(13-17)21(26)24-9-11-25(12-10-24)30(27,28)20-18(22)7-4-8-19(20)23/h3-8,13,15H,9-12,14H2,1-2H3. The number of amides is 1. The van der Waals surface area contributed by atoms with Gasteiger partial charge in [0.15, 0.2) is 4.90 Å². The summed E-state index contributed by atoms with van der Waals surface area (Å²) in [7, 11) is -4.33. The first kappa shape index (κ1) is 22.2. The van der Waals surface area contributed by atoms with Gasteiger partial charge in [0, 0.05) is 31.7 Å². The van der Waals surface area contributed by atoms with Crippen molar-refractivity contribution in [2.24, 2.45) is 5.92 Å². The highest BCUT2D eigenvalue weighted by atomic mass is 32.2. The van der Waals surface area contributed by atoms with E-state index in [0.29, 0.717) is 23.8 Å². The first-order valence-electron chi connectivity index (χ1n) is 9.66. The third-order valence-corrected chi connectivity index (χ3v) is 6.66. The van der Waals surface area contributed by atoms with Crippen LogP contribution in [0.4, 0.5) is 8.78 Å². The van der Waals surface area contributed by atoms with E-state index < -0.39 is 26.6 Å². The molecule has 0 aliphatic carbocycles. The molecule has 0 unspecified atom stereocenters. The molecule has 3 rings (SSSR count). The van der Waals surface area contributed by atoms with Crippen LogP contribution in [-0.4, -0.2) is 56.3 Å². The smallest absolute Gasteiger partial charge is 0.254 e. The molecule has 1 aliphatic rings. The fraction of sp³-hybridized carbons (Fsp3) is 0.381. The largest absolute Gasteiger partial charge is 0.493 e. The maximum Gasteiger partial charge on any atom is 0.254 e. The van der Waals surface area contributed by atoms with Gasteiger partial charge in [0.2, 0.25) is 10.0 Å². The van der Waals surface area contributed by atoms with Crippen molar-refractivity contribution in [2.45, 2.75) is 18.7 Å². The Kier molecular flexibility index (Phi) is 6.72. The molecule has 1 amide bonds. The van der Waals surface area contributed by atoms with E-state index in [2.05, 4.69) is 0 Å². The molecule has 30 heavy (non-hydrogen) atoms. The lowest BCUT2D eigenvalue weighted by Gasteiger charge is -2.34. The Morgan fingerprint density at radius 2 is 1.63 bits per heavy atom. The van der Waals surface area contributed by atoms with Crippen LogP contribution in [0.25, 0.3) is 0 Å². The molecule has 1 fully saturated rings. The van der Waals surface area contributed by atoms with Gasteiger partial charge in [0.25, 0.3) is 5.91 Å². The molecule has 0 atom stereocenters. The van der Waals surface area contributed by atoms with Crippen molar-refractivity contribution in [3.05, 3.63) is 59.7 Å². The molecule has 2 aromatic rings. The molecule has 1 heterocycles. The Bertz CT molecular complexity index is 999. The fourth-order valence-electron chi connectivity index (χ4n) is 3.15. The van der Waals surface area contributed by atoms with Crippen LogP contribution < -0.4 is 4.74 Å². The molecule has 1 saturated heterocycles. The summed E-state index contributed by atoms with van der Waals surface area (Å²) in [5, 5.41) is 0. The molecule has 2 aromatic carbocycles. The van der Waals surface area contributed by atoms with Crippen LogP contribution in [0.3, 0.4) is 0 Å². The van der Waals surface area contributed by atoms with Crippen molar-refractivity contribution in [3.63, 3.8) is 0 Å². The van der Waals surface area contributed by atoms with Crippen molar-refractivity contribution in [1.29, 1.82) is 0 Å². The van der Waals surface area contributed by atoms with Gasteiger partial charge >= 0.3 is 0 Å². The second-order valence-corrected chi connectivity index (χ2v) is 9.35. The van der Waals surface area contributed by atoms with E-state index in [4.69, 9.17) is 4.74 Å². The first-order chi connectivity index (χ1) is 14.2. The highest BCUT2D eigenvalue weighted by Crippen LogP contribution is 2.24. The minimum Gasteiger partial charge on any atom is -0.493 e. The van der Waals surface area contributed by atoms with E-state index in [0.717, 1.165) is 22.5 Å². The quantitative estimate of drug-likeness (QED) is 0.695. The predicted molar refractivity (Wildman–Crippen MR) is 108 cm³/mol. The topological polar surface area (TPSA) is 66.9 Å². The first-order valence-corrected chi connectivity index (χ1v) is 11.1. The number of benzene rings is 2. The average Bonchev–Trinajstić information content (AvgIpc) is 2.72. The molecule has 0 bridgehead atoms. The number of rotatable bonds is 6. The molecule has 1 aliphatic heterocycles. The number of halogens is 2. The predicted octanol–water partition coefficient (Wildman–Crippen LogP) is 3.15. The van der Waals surface area contributed by atoms with E-state index in [-0.39, 0.29) is 32.1 Å². The highest BCUT2D eigenvalue weighted by molar-refractivity contribution is 7.89. The third kappa shape index (κ3) is 4.79. The second-order valence-electron chi connectivity index (χ2n) is 7.48. The summed E-state index contributed by atoms with van der Waals surface area (Å²) >= 11 is 0. The van der Waals surface area contributed by atoms with Gasteiger partial charge in [-0.2, -0.15) is 4.31 Å². The summed E-state index contributed by atoms with van der Waals surface area (Å²) in [4.78, 5) is 13.4. The molecule has 0 N–H and O–H groups in total. The Hall–Kier alpha value is -2.52. The lowest BCUT2D eigenvalue weighted by Crippen LogP contribution is -2.50. The van der Waals surface area contributed by atoms with E-state index >= 15 is 0 Å². The summed E-state index contributed by atoms with van der Waals surface area (Å²) in [6.45, 7) is 4.71. The van der Waals surface area contributed by atoms with Crippen LogP contribution in [0.5, 0.6) is 5.75 Å². The number of hydrogen-bond donors (Lipinski definition) is 0. The Morgan fingerprint density at radius 1 is 1.03 bits per heavy atom. The molecular weight excluding hydrogens is 414 g/mol. The summed E-state index contributed by atoms with van der Waals surface area (Å²) in [6.07, 6.45) is 0. The van der Waals surface area contributed by atoms with Crippen molar-refractivity contribution in [2.75, 3.05) is 32.8 Å². The average molecular weight is 438 g/mol. The normalized spacial score (nSPS) is 15.4. The Balaban J connectivity index is 1.68. The third-order valence-electron chi connectivity index (χ3n) is 4.71. The van der Waals surface area contributed by atoms with E-state index in [1.54, 1.807) is 24.3 Å². The number of carbonyl (C=O) groups is 1. The zero-order valence-electron chi connectivity index (χ0n) is 16.8. The second kappa shape index (κ2) is 9.09. The Labute approximate surface area is 175 Å². The zero-order valence-corrected chi connectivity index (χ0v) is 17.7. The van der Waals surface area contributed by atoms with Crippen LogP contribution in [0, 0.1) is 17.6 Å². The van der Waals surface area contributed by atoms with Gasteiger partial charge in [-0.15, -0.1) is 0 Å². The minimum atomic E-state index is -4.33. The molecule has 0 radical (unpaired) electrons. The number of hydrogen-bond acceptors (Lipinski definition) is 4. The molecule has 9 heteroatoms. The number of sulfonamides is 1. The van der Waals surface area contributed by atoms with Gasteiger partial charge in [-0.3, -0.25) is 4.79 Å². The SMILES string of the molecule is CC(C)COc1cccc(C(=O)N2CCN(S(=O)(=O)c3c(F)cccc3F)CC2)c1. The number of carbonyl (C=O) groups excluding carboxylic acids is 1. The van der Waals surface area contributed by atoms with Gasteiger partial charge in [-0.1, -0.05) is 26.0 Å². The van der Waals surface area contributed by atoms with Crippen molar-refractivity contribution in [1.82, 2.24) is 9.21 Å². The summed E-state index contributed by atoms with van der Waals surface area (Å²) < 4.78 is 59.9. The Morgan fingerprint density at radius 3 is 2.23 bits per heavy atom. The monoisotopic (exact) mass is 438 g/mol. The molecule has 162 valence electrons. The van der Waals surface area contributed by atoms with Crippen LogP contribution in [0.15, 0.2) is 47.4 Å². The maximum atomic E-state index is 14.0. The minimum absolute atomic E-state index is 0.0502. The fourth-order valence-corrected chi connectivity index (χ4v) is 4.69. The highest BCUT2D eigenvalue weighted by Gasteiger charge is 2.34. The molecule has 0 spiro atoms. The number of ether oxygens (including phenoxy) is 1. The molecule has 0 saturated carbocycles. The van der Waals surface area contributed by atoms with Gasteiger partial charge in [-0.25, -0.2) is 17.2 Å². The zero-order chi connectivity index (χ0) is 21.9. The maximum absolute atomic E-state index is 14.0. The summed E-state index contributed by atoms with van der Waals surface area (Å²) in [6, 6.07) is 9.75.